The SMILES string of the molecule is CC(C)OCCOC(=O)CCCN1C(=O)c2cccc3cccc(c23)C1=O. The van der Waals surface area contributed by atoms with E-state index in [1.807, 2.05) is 38.1 Å². The molecule has 0 aromatic heterocycles. The molecule has 2 aromatic carbocycles. The van der Waals surface area contributed by atoms with Crippen LogP contribution in [0.3, 0.4) is 0 Å². The van der Waals surface area contributed by atoms with Gasteiger partial charge in [0, 0.05) is 29.5 Å². The maximum Gasteiger partial charge on any atom is 0.305 e. The van der Waals surface area contributed by atoms with Crippen molar-refractivity contribution in [1.29, 1.82) is 0 Å². The molecule has 6 heteroatoms. The Balaban J connectivity index is 1.58. The van der Waals surface area contributed by atoms with Crippen molar-refractivity contribution in [3.63, 3.8) is 0 Å². The van der Waals surface area contributed by atoms with Crippen molar-refractivity contribution >= 4 is 28.6 Å². The monoisotopic (exact) mass is 369 g/mol. The molecule has 142 valence electrons. The van der Waals surface area contributed by atoms with E-state index >= 15 is 0 Å². The molecule has 3 rings (SSSR count). The first-order valence-corrected chi connectivity index (χ1v) is 9.14. The molecule has 0 aliphatic carbocycles. The molecule has 2 amide bonds. The number of hydrogen-bond donors (Lipinski definition) is 0. The molecule has 6 nitrogen and oxygen atoms in total. The van der Waals surface area contributed by atoms with Gasteiger partial charge in [-0.25, -0.2) is 0 Å². The van der Waals surface area contributed by atoms with E-state index in [9.17, 15) is 14.4 Å². The van der Waals surface area contributed by atoms with Crippen LogP contribution in [0.1, 0.15) is 47.4 Å². The van der Waals surface area contributed by atoms with Crippen molar-refractivity contribution in [2.75, 3.05) is 19.8 Å². The molecule has 1 aliphatic rings. The van der Waals surface area contributed by atoms with Gasteiger partial charge in [0.25, 0.3) is 11.8 Å². The number of rotatable bonds is 8. The lowest BCUT2D eigenvalue weighted by molar-refractivity contribution is -0.145. The molecular weight excluding hydrogens is 346 g/mol. The summed E-state index contributed by atoms with van der Waals surface area (Å²) in [7, 11) is 0. The Bertz CT molecular complexity index is 823. The second-order valence-corrected chi connectivity index (χ2v) is 6.71. The van der Waals surface area contributed by atoms with Crippen molar-refractivity contribution in [1.82, 2.24) is 4.90 Å². The quantitative estimate of drug-likeness (QED) is 0.406. The average molecular weight is 369 g/mol. The van der Waals surface area contributed by atoms with Crippen LogP contribution < -0.4 is 0 Å². The van der Waals surface area contributed by atoms with Crippen molar-refractivity contribution in [3.8, 4) is 0 Å². The summed E-state index contributed by atoms with van der Waals surface area (Å²) >= 11 is 0. The van der Waals surface area contributed by atoms with E-state index in [0.717, 1.165) is 5.39 Å². The van der Waals surface area contributed by atoms with Gasteiger partial charge < -0.3 is 9.47 Å². The first-order valence-electron chi connectivity index (χ1n) is 9.14. The molecule has 1 aliphatic heterocycles. The number of ether oxygens (including phenoxy) is 2. The summed E-state index contributed by atoms with van der Waals surface area (Å²) in [5.74, 6) is -0.993. The first kappa shape index (κ1) is 19.0. The Kier molecular flexibility index (Phi) is 5.86. The van der Waals surface area contributed by atoms with Gasteiger partial charge >= 0.3 is 5.97 Å². The zero-order chi connectivity index (χ0) is 19.4. The Morgan fingerprint density at radius 1 is 1.00 bits per heavy atom. The molecule has 27 heavy (non-hydrogen) atoms. The fraction of sp³-hybridized carbons (Fsp3) is 0.381. The molecule has 2 aromatic rings. The van der Waals surface area contributed by atoms with Crippen LogP contribution in [-0.2, 0) is 14.3 Å². The minimum absolute atomic E-state index is 0.0900. The molecule has 0 fully saturated rings. The Morgan fingerprint density at radius 3 is 2.22 bits per heavy atom. The van der Waals surface area contributed by atoms with Crippen molar-refractivity contribution in [2.24, 2.45) is 0 Å². The Labute approximate surface area is 158 Å². The van der Waals surface area contributed by atoms with Crippen LogP contribution >= 0.6 is 0 Å². The van der Waals surface area contributed by atoms with E-state index in [0.29, 0.717) is 29.5 Å². The zero-order valence-electron chi connectivity index (χ0n) is 15.6. The molecule has 0 saturated heterocycles. The highest BCUT2D eigenvalue weighted by atomic mass is 16.6. The second kappa shape index (κ2) is 8.31. The smallest absolute Gasteiger partial charge is 0.305 e. The molecule has 0 bridgehead atoms. The number of carbonyl (C=O) groups excluding carboxylic acids is 3. The van der Waals surface area contributed by atoms with Crippen molar-refractivity contribution in [3.05, 3.63) is 47.5 Å². The van der Waals surface area contributed by atoms with E-state index in [1.165, 1.54) is 4.90 Å². The van der Waals surface area contributed by atoms with Crippen LogP contribution in [0.5, 0.6) is 0 Å². The summed E-state index contributed by atoms with van der Waals surface area (Å²) in [6.45, 7) is 4.56. The second-order valence-electron chi connectivity index (χ2n) is 6.71. The summed E-state index contributed by atoms with van der Waals surface area (Å²) in [6, 6.07) is 10.9. The van der Waals surface area contributed by atoms with Crippen LogP contribution in [0.2, 0.25) is 0 Å². The average Bonchev–Trinajstić information content (AvgIpc) is 2.65. The lowest BCUT2D eigenvalue weighted by Gasteiger charge is -2.27. The van der Waals surface area contributed by atoms with Gasteiger partial charge in [0.15, 0.2) is 0 Å². The molecule has 0 N–H and O–H groups in total. The number of esters is 1. The van der Waals surface area contributed by atoms with Crippen LogP contribution in [0.15, 0.2) is 36.4 Å². The van der Waals surface area contributed by atoms with Gasteiger partial charge in [0.05, 0.1) is 12.7 Å². The van der Waals surface area contributed by atoms with Crippen LogP contribution in [0.4, 0.5) is 0 Å². The third kappa shape index (κ3) is 4.17. The number of imide groups is 1. The molecule has 0 radical (unpaired) electrons. The highest BCUT2D eigenvalue weighted by Gasteiger charge is 2.32. The number of amides is 2. The summed E-state index contributed by atoms with van der Waals surface area (Å²) in [6.07, 6.45) is 0.594. The predicted octanol–water partition coefficient (Wildman–Crippen LogP) is 3.18. The van der Waals surface area contributed by atoms with Crippen LogP contribution in [0, 0.1) is 0 Å². The maximum absolute atomic E-state index is 12.7. The largest absolute Gasteiger partial charge is 0.463 e. The third-order valence-corrected chi connectivity index (χ3v) is 4.42. The number of nitrogens with zero attached hydrogens (tertiary/aromatic N) is 1. The number of carbonyl (C=O) groups is 3. The Morgan fingerprint density at radius 2 is 1.63 bits per heavy atom. The predicted molar refractivity (Wildman–Crippen MR) is 101 cm³/mol. The lowest BCUT2D eigenvalue weighted by atomic mass is 9.94. The molecule has 1 heterocycles. The molecule has 0 atom stereocenters. The lowest BCUT2D eigenvalue weighted by Crippen LogP contribution is -2.41. The summed E-state index contributed by atoms with van der Waals surface area (Å²) in [5.41, 5.74) is 1.05. The highest BCUT2D eigenvalue weighted by molar-refractivity contribution is 6.25. The minimum Gasteiger partial charge on any atom is -0.463 e. The van der Waals surface area contributed by atoms with E-state index < -0.39 is 0 Å². The van der Waals surface area contributed by atoms with Crippen molar-refractivity contribution < 1.29 is 23.9 Å². The van der Waals surface area contributed by atoms with E-state index in [-0.39, 0.29) is 43.5 Å². The van der Waals surface area contributed by atoms with Gasteiger partial charge in [-0.1, -0.05) is 24.3 Å². The van der Waals surface area contributed by atoms with Gasteiger partial charge in [0.2, 0.25) is 0 Å². The molecular formula is C21H23NO5. The summed E-state index contributed by atoms with van der Waals surface area (Å²) in [4.78, 5) is 38.5. The molecule has 0 spiro atoms. The highest BCUT2D eigenvalue weighted by Crippen LogP contribution is 2.30. The van der Waals surface area contributed by atoms with E-state index in [1.54, 1.807) is 12.1 Å². The van der Waals surface area contributed by atoms with Gasteiger partial charge in [-0.15, -0.1) is 0 Å². The van der Waals surface area contributed by atoms with Gasteiger partial charge in [-0.05, 0) is 37.8 Å². The molecule has 0 unspecified atom stereocenters. The van der Waals surface area contributed by atoms with E-state index in [2.05, 4.69) is 0 Å². The minimum atomic E-state index is -0.359. The van der Waals surface area contributed by atoms with Gasteiger partial charge in [0.1, 0.15) is 6.61 Å². The van der Waals surface area contributed by atoms with Crippen molar-refractivity contribution in [2.45, 2.75) is 32.8 Å². The van der Waals surface area contributed by atoms with Crippen LogP contribution in [0.25, 0.3) is 10.8 Å². The third-order valence-electron chi connectivity index (χ3n) is 4.42. The fourth-order valence-electron chi connectivity index (χ4n) is 3.18. The summed E-state index contributed by atoms with van der Waals surface area (Å²) < 4.78 is 10.4. The van der Waals surface area contributed by atoms with E-state index in [4.69, 9.17) is 9.47 Å². The normalized spacial score (nSPS) is 13.5. The maximum atomic E-state index is 12.7. The topological polar surface area (TPSA) is 72.9 Å². The van der Waals surface area contributed by atoms with Gasteiger partial charge in [-0.3, -0.25) is 19.3 Å². The fourth-order valence-corrected chi connectivity index (χ4v) is 3.18. The zero-order valence-corrected chi connectivity index (χ0v) is 15.6. The Hall–Kier alpha value is -2.73. The summed E-state index contributed by atoms with van der Waals surface area (Å²) in [5, 5.41) is 1.58. The first-order chi connectivity index (χ1) is 13.0. The van der Waals surface area contributed by atoms with Gasteiger partial charge in [-0.2, -0.15) is 0 Å². The van der Waals surface area contributed by atoms with Crippen LogP contribution in [-0.4, -0.2) is 48.5 Å². The number of benzene rings is 2. The number of hydrogen-bond acceptors (Lipinski definition) is 5. The molecule has 0 saturated carbocycles. The standard InChI is InChI=1S/C21H23NO5/c1-14(2)26-12-13-27-18(23)10-5-11-22-20(24)16-8-3-6-15-7-4-9-17(19(15)16)21(22)25/h3-4,6-9,14H,5,10-13H2,1-2H3.